The van der Waals surface area contributed by atoms with Crippen LogP contribution in [-0.4, -0.2) is 22.1 Å². The first kappa shape index (κ1) is 15.2. The number of ether oxygens (including phenoxy) is 1. The van der Waals surface area contributed by atoms with Gasteiger partial charge in [0.2, 0.25) is 0 Å². The van der Waals surface area contributed by atoms with Gasteiger partial charge >= 0.3 is 5.97 Å². The highest BCUT2D eigenvalue weighted by molar-refractivity contribution is 5.92. The van der Waals surface area contributed by atoms with E-state index in [0.29, 0.717) is 18.8 Å². The molecule has 0 aliphatic carbocycles. The molecule has 0 fully saturated rings. The number of nitrogens with zero attached hydrogens (tertiary/aromatic N) is 2. The fraction of sp³-hybridized carbons (Fsp3) is 0.467. The van der Waals surface area contributed by atoms with Crippen molar-refractivity contribution in [3.63, 3.8) is 0 Å². The van der Waals surface area contributed by atoms with Crippen molar-refractivity contribution in [2.45, 2.75) is 40.2 Å². The van der Waals surface area contributed by atoms with Crippen molar-refractivity contribution in [1.29, 1.82) is 0 Å². The zero-order chi connectivity index (χ0) is 15.6. The minimum Gasteiger partial charge on any atom is -0.464 e. The molecule has 114 valence electrons. The summed E-state index contributed by atoms with van der Waals surface area (Å²) in [5, 5.41) is 0. The fourth-order valence-electron chi connectivity index (χ4n) is 2.33. The molecule has 0 aliphatic rings. The highest BCUT2D eigenvalue weighted by Gasteiger charge is 2.25. The number of aromatic nitrogens is 2. The first-order valence-electron chi connectivity index (χ1n) is 7.09. The summed E-state index contributed by atoms with van der Waals surface area (Å²) in [5.41, 5.74) is 6.28. The van der Waals surface area contributed by atoms with Gasteiger partial charge in [0.25, 0.3) is 0 Å². The lowest BCUT2D eigenvalue weighted by Crippen LogP contribution is -2.14. The van der Waals surface area contributed by atoms with Crippen molar-refractivity contribution < 1.29 is 13.9 Å². The molecule has 2 aromatic rings. The van der Waals surface area contributed by atoms with Crippen LogP contribution in [0.3, 0.4) is 0 Å². The van der Waals surface area contributed by atoms with Gasteiger partial charge in [-0.2, -0.15) is 0 Å². The molecular weight excluding hydrogens is 270 g/mol. The second-order valence-electron chi connectivity index (χ2n) is 4.83. The zero-order valence-electron chi connectivity index (χ0n) is 12.8. The molecule has 21 heavy (non-hydrogen) atoms. The largest absolute Gasteiger partial charge is 0.464 e. The Morgan fingerprint density at radius 1 is 1.48 bits per heavy atom. The van der Waals surface area contributed by atoms with Crippen LogP contribution in [0.4, 0.5) is 5.82 Å². The summed E-state index contributed by atoms with van der Waals surface area (Å²) in [4.78, 5) is 16.2. The second-order valence-corrected chi connectivity index (χ2v) is 4.83. The molecule has 0 aromatic carbocycles. The standard InChI is InChI=1S/C15H21N3O3/c1-5-12-17-13(15(19)20-6-2)14(16)18(12)10(4)11-8-7-9(3)21-11/h7-8,10H,5-6,16H2,1-4H3. The van der Waals surface area contributed by atoms with Gasteiger partial charge in [-0.1, -0.05) is 6.92 Å². The summed E-state index contributed by atoms with van der Waals surface area (Å²) in [6, 6.07) is 3.67. The topological polar surface area (TPSA) is 83.3 Å². The van der Waals surface area contributed by atoms with E-state index < -0.39 is 5.97 Å². The predicted octanol–water partition coefficient (Wildman–Crippen LogP) is 2.72. The molecule has 0 saturated heterocycles. The Bertz CT molecular complexity index is 643. The molecule has 2 aromatic heterocycles. The van der Waals surface area contributed by atoms with Gasteiger partial charge in [-0.3, -0.25) is 0 Å². The highest BCUT2D eigenvalue weighted by Crippen LogP contribution is 2.27. The number of hydrogen-bond donors (Lipinski definition) is 1. The number of furan rings is 1. The van der Waals surface area contributed by atoms with Crippen LogP contribution in [0.5, 0.6) is 0 Å². The number of nitrogen functional groups attached to an aromatic ring is 1. The van der Waals surface area contributed by atoms with Gasteiger partial charge in [-0.15, -0.1) is 0 Å². The first-order valence-corrected chi connectivity index (χ1v) is 7.09. The molecular formula is C15H21N3O3. The summed E-state index contributed by atoms with van der Waals surface area (Å²) in [5.74, 6) is 2.16. The van der Waals surface area contributed by atoms with E-state index >= 15 is 0 Å². The number of anilines is 1. The molecule has 1 unspecified atom stereocenters. The van der Waals surface area contributed by atoms with Gasteiger partial charge in [-0.25, -0.2) is 9.78 Å². The summed E-state index contributed by atoms with van der Waals surface area (Å²) < 4.78 is 12.5. The van der Waals surface area contributed by atoms with Gasteiger partial charge in [0, 0.05) is 6.42 Å². The lowest BCUT2D eigenvalue weighted by molar-refractivity contribution is 0.0521. The molecule has 2 rings (SSSR count). The van der Waals surface area contributed by atoms with Gasteiger partial charge in [0.05, 0.1) is 12.6 Å². The number of aryl methyl sites for hydroxylation is 2. The van der Waals surface area contributed by atoms with Crippen LogP contribution in [0.2, 0.25) is 0 Å². The van der Waals surface area contributed by atoms with Crippen LogP contribution in [0.15, 0.2) is 16.5 Å². The molecule has 0 spiro atoms. The van der Waals surface area contributed by atoms with Crippen molar-refractivity contribution in [3.8, 4) is 0 Å². The van der Waals surface area contributed by atoms with E-state index in [-0.39, 0.29) is 11.7 Å². The normalized spacial score (nSPS) is 12.4. The van der Waals surface area contributed by atoms with Crippen molar-refractivity contribution in [2.75, 3.05) is 12.3 Å². The average Bonchev–Trinajstić information content (AvgIpc) is 3.02. The maximum Gasteiger partial charge on any atom is 0.360 e. The Balaban J connectivity index is 2.45. The number of nitrogens with two attached hydrogens (primary N) is 1. The number of rotatable bonds is 5. The van der Waals surface area contributed by atoms with Gasteiger partial charge < -0.3 is 19.5 Å². The van der Waals surface area contributed by atoms with E-state index in [9.17, 15) is 4.79 Å². The van der Waals surface area contributed by atoms with Crippen molar-refractivity contribution in [1.82, 2.24) is 9.55 Å². The molecule has 1 atom stereocenters. The predicted molar refractivity (Wildman–Crippen MR) is 79.2 cm³/mol. The zero-order valence-corrected chi connectivity index (χ0v) is 12.8. The van der Waals surface area contributed by atoms with Crippen LogP contribution < -0.4 is 5.73 Å². The van der Waals surface area contributed by atoms with E-state index in [2.05, 4.69) is 4.98 Å². The van der Waals surface area contributed by atoms with Crippen molar-refractivity contribution >= 4 is 11.8 Å². The van der Waals surface area contributed by atoms with Crippen LogP contribution in [0.1, 0.15) is 54.6 Å². The number of esters is 1. The Labute approximate surface area is 123 Å². The fourth-order valence-corrected chi connectivity index (χ4v) is 2.33. The third kappa shape index (κ3) is 2.79. The summed E-state index contributed by atoms with van der Waals surface area (Å²) in [7, 11) is 0. The van der Waals surface area contributed by atoms with E-state index in [0.717, 1.165) is 17.3 Å². The molecule has 0 bridgehead atoms. The van der Waals surface area contributed by atoms with Gasteiger partial charge in [-0.05, 0) is 32.9 Å². The molecule has 0 radical (unpaired) electrons. The maximum atomic E-state index is 11.9. The van der Waals surface area contributed by atoms with Crippen LogP contribution >= 0.6 is 0 Å². The molecule has 0 aliphatic heterocycles. The number of carbonyl (C=O) groups excluding carboxylic acids is 1. The Kier molecular flexibility index (Phi) is 4.35. The van der Waals surface area contributed by atoms with E-state index in [1.807, 2.05) is 37.5 Å². The average molecular weight is 291 g/mol. The number of hydrogen-bond acceptors (Lipinski definition) is 5. The first-order chi connectivity index (χ1) is 9.99. The van der Waals surface area contributed by atoms with E-state index in [4.69, 9.17) is 14.9 Å². The van der Waals surface area contributed by atoms with Gasteiger partial charge in [0.15, 0.2) is 5.69 Å². The van der Waals surface area contributed by atoms with Crippen LogP contribution in [-0.2, 0) is 11.2 Å². The number of imidazole rings is 1. The number of carbonyl (C=O) groups is 1. The quantitative estimate of drug-likeness (QED) is 0.856. The molecule has 6 nitrogen and oxygen atoms in total. The Morgan fingerprint density at radius 2 is 2.19 bits per heavy atom. The molecule has 0 amide bonds. The smallest absolute Gasteiger partial charge is 0.360 e. The monoisotopic (exact) mass is 291 g/mol. The lowest BCUT2D eigenvalue weighted by atomic mass is 10.2. The third-order valence-electron chi connectivity index (χ3n) is 3.37. The van der Waals surface area contributed by atoms with E-state index in [1.54, 1.807) is 6.92 Å². The molecule has 2 N–H and O–H groups in total. The minimum atomic E-state index is -0.494. The van der Waals surface area contributed by atoms with Crippen molar-refractivity contribution in [2.24, 2.45) is 0 Å². The maximum absolute atomic E-state index is 11.9. The second kappa shape index (κ2) is 6.03. The molecule has 0 saturated carbocycles. The summed E-state index contributed by atoms with van der Waals surface area (Å²) in [6.07, 6.45) is 0.660. The Morgan fingerprint density at radius 3 is 2.71 bits per heavy atom. The van der Waals surface area contributed by atoms with Crippen molar-refractivity contribution in [3.05, 3.63) is 35.2 Å². The summed E-state index contributed by atoms with van der Waals surface area (Å²) in [6.45, 7) is 7.86. The van der Waals surface area contributed by atoms with Gasteiger partial charge in [0.1, 0.15) is 23.2 Å². The van der Waals surface area contributed by atoms with E-state index in [1.165, 1.54) is 0 Å². The lowest BCUT2D eigenvalue weighted by Gasteiger charge is -2.15. The minimum absolute atomic E-state index is 0.135. The third-order valence-corrected chi connectivity index (χ3v) is 3.37. The van der Waals surface area contributed by atoms with Crippen LogP contribution in [0, 0.1) is 6.92 Å². The Hall–Kier alpha value is -2.24. The molecule has 2 heterocycles. The summed E-state index contributed by atoms with van der Waals surface area (Å²) >= 11 is 0. The highest BCUT2D eigenvalue weighted by atomic mass is 16.5. The SMILES string of the molecule is CCOC(=O)c1nc(CC)n(C(C)c2ccc(C)o2)c1N. The molecule has 6 heteroatoms. The van der Waals surface area contributed by atoms with Crippen LogP contribution in [0.25, 0.3) is 0 Å².